The molecular formula is C16H21N4. The first-order chi connectivity index (χ1) is 9.86. The summed E-state index contributed by atoms with van der Waals surface area (Å²) >= 11 is 0. The largest absolute Gasteiger partial charge is 0.340 e. The van der Waals surface area contributed by atoms with E-state index in [2.05, 4.69) is 27.4 Å². The van der Waals surface area contributed by atoms with Gasteiger partial charge in [-0.2, -0.15) is 5.26 Å². The predicted molar refractivity (Wildman–Crippen MR) is 78.1 cm³/mol. The molecule has 1 aliphatic carbocycles. The van der Waals surface area contributed by atoms with Crippen molar-refractivity contribution in [2.75, 3.05) is 18.0 Å². The third kappa shape index (κ3) is 2.92. The van der Waals surface area contributed by atoms with Crippen molar-refractivity contribution in [3.05, 3.63) is 24.4 Å². The SMILES string of the molecule is N#CC1CCCN(c2ncc(C3[CH]CCCC3)cn2)C1. The highest BCUT2D eigenvalue weighted by Gasteiger charge is 2.22. The van der Waals surface area contributed by atoms with Gasteiger partial charge in [0.25, 0.3) is 0 Å². The van der Waals surface area contributed by atoms with Gasteiger partial charge in [0.05, 0.1) is 12.0 Å². The third-order valence-electron chi connectivity index (χ3n) is 4.39. The molecule has 1 aromatic heterocycles. The van der Waals surface area contributed by atoms with Crippen LogP contribution in [0.2, 0.25) is 0 Å². The zero-order valence-corrected chi connectivity index (χ0v) is 11.8. The number of aromatic nitrogens is 2. The summed E-state index contributed by atoms with van der Waals surface area (Å²) < 4.78 is 0. The predicted octanol–water partition coefficient (Wildman–Crippen LogP) is 3.08. The fourth-order valence-corrected chi connectivity index (χ4v) is 3.20. The first-order valence-electron chi connectivity index (χ1n) is 7.66. The van der Waals surface area contributed by atoms with Crippen LogP contribution in [0.15, 0.2) is 12.4 Å². The highest BCUT2D eigenvalue weighted by atomic mass is 15.2. The number of nitriles is 1. The van der Waals surface area contributed by atoms with Gasteiger partial charge in [-0.1, -0.05) is 12.8 Å². The summed E-state index contributed by atoms with van der Waals surface area (Å²) in [6, 6.07) is 2.36. The first kappa shape index (κ1) is 13.4. The summed E-state index contributed by atoms with van der Waals surface area (Å²) in [7, 11) is 0. The van der Waals surface area contributed by atoms with E-state index in [1.54, 1.807) is 0 Å². The molecule has 0 spiro atoms. The van der Waals surface area contributed by atoms with E-state index in [1.807, 2.05) is 12.4 Å². The first-order valence-corrected chi connectivity index (χ1v) is 7.66. The van der Waals surface area contributed by atoms with Gasteiger partial charge in [-0.15, -0.1) is 0 Å². The average molecular weight is 269 g/mol. The molecule has 2 fully saturated rings. The van der Waals surface area contributed by atoms with Gasteiger partial charge in [-0.3, -0.25) is 0 Å². The summed E-state index contributed by atoms with van der Waals surface area (Å²) in [6.07, 6.45) is 13.5. The zero-order chi connectivity index (χ0) is 13.8. The maximum Gasteiger partial charge on any atom is 0.225 e. The molecule has 105 valence electrons. The number of piperidine rings is 1. The molecule has 4 nitrogen and oxygen atoms in total. The van der Waals surface area contributed by atoms with E-state index < -0.39 is 0 Å². The van der Waals surface area contributed by atoms with Gasteiger partial charge in [-0.25, -0.2) is 9.97 Å². The van der Waals surface area contributed by atoms with Crippen LogP contribution >= 0.6 is 0 Å². The summed E-state index contributed by atoms with van der Waals surface area (Å²) in [5.74, 6) is 1.44. The van der Waals surface area contributed by atoms with Crippen molar-refractivity contribution in [3.8, 4) is 6.07 Å². The number of hydrogen-bond acceptors (Lipinski definition) is 4. The molecule has 0 N–H and O–H groups in total. The van der Waals surface area contributed by atoms with Crippen LogP contribution in [0, 0.1) is 23.7 Å². The smallest absolute Gasteiger partial charge is 0.225 e. The lowest BCUT2D eigenvalue weighted by Gasteiger charge is -2.29. The molecule has 20 heavy (non-hydrogen) atoms. The molecule has 1 saturated carbocycles. The van der Waals surface area contributed by atoms with E-state index in [-0.39, 0.29) is 5.92 Å². The van der Waals surface area contributed by atoms with Crippen LogP contribution in [-0.4, -0.2) is 23.1 Å². The molecular weight excluding hydrogens is 248 g/mol. The Labute approximate surface area is 120 Å². The minimum atomic E-state index is 0.124. The van der Waals surface area contributed by atoms with Gasteiger partial charge < -0.3 is 4.90 Å². The van der Waals surface area contributed by atoms with E-state index in [1.165, 1.54) is 31.2 Å². The summed E-state index contributed by atoms with van der Waals surface area (Å²) in [4.78, 5) is 11.2. The van der Waals surface area contributed by atoms with Crippen LogP contribution in [0.4, 0.5) is 5.95 Å². The lowest BCUT2D eigenvalue weighted by molar-refractivity contribution is 0.486. The molecule has 2 aliphatic rings. The van der Waals surface area contributed by atoms with Crippen LogP contribution in [0.25, 0.3) is 0 Å². The molecule has 1 radical (unpaired) electrons. The number of hydrogen-bond donors (Lipinski definition) is 0. The Morgan fingerprint density at radius 1 is 1.15 bits per heavy atom. The topological polar surface area (TPSA) is 52.8 Å². The fourth-order valence-electron chi connectivity index (χ4n) is 3.20. The normalized spacial score (nSPS) is 24.4. The quantitative estimate of drug-likeness (QED) is 0.828. The molecule has 3 rings (SSSR count). The lowest BCUT2D eigenvalue weighted by Crippen LogP contribution is -2.36. The van der Waals surface area contributed by atoms with Gasteiger partial charge in [-0.05, 0) is 43.6 Å². The number of nitrogens with zero attached hydrogens (tertiary/aromatic N) is 4. The van der Waals surface area contributed by atoms with Gasteiger partial charge >= 0.3 is 0 Å². The summed E-state index contributed by atoms with van der Waals surface area (Å²) in [5, 5.41) is 9.05. The van der Waals surface area contributed by atoms with Crippen molar-refractivity contribution in [3.63, 3.8) is 0 Å². The molecule has 2 atom stereocenters. The monoisotopic (exact) mass is 269 g/mol. The Morgan fingerprint density at radius 2 is 2.00 bits per heavy atom. The maximum absolute atomic E-state index is 9.05. The van der Waals surface area contributed by atoms with Crippen molar-refractivity contribution < 1.29 is 0 Å². The van der Waals surface area contributed by atoms with E-state index >= 15 is 0 Å². The summed E-state index contributed by atoms with van der Waals surface area (Å²) in [6.45, 7) is 1.73. The standard InChI is InChI=1S/C16H21N4/c17-9-13-5-4-8-20(12-13)16-18-10-15(11-19-16)14-6-2-1-3-7-14/h6,10-11,13-14H,1-5,7-8,12H2. The Balaban J connectivity index is 1.67. The molecule has 2 heterocycles. The minimum absolute atomic E-state index is 0.124. The van der Waals surface area contributed by atoms with E-state index in [9.17, 15) is 0 Å². The third-order valence-corrected chi connectivity index (χ3v) is 4.39. The van der Waals surface area contributed by atoms with Crippen molar-refractivity contribution in [1.82, 2.24) is 9.97 Å². The Kier molecular flexibility index (Phi) is 4.15. The molecule has 0 aromatic carbocycles. The molecule has 0 bridgehead atoms. The second-order valence-corrected chi connectivity index (χ2v) is 5.86. The van der Waals surface area contributed by atoms with Gasteiger partial charge in [0, 0.05) is 25.5 Å². The molecule has 1 aromatic rings. The Morgan fingerprint density at radius 3 is 2.70 bits per heavy atom. The van der Waals surface area contributed by atoms with Crippen LogP contribution in [0.5, 0.6) is 0 Å². The highest BCUT2D eigenvalue weighted by Crippen LogP contribution is 2.31. The fraction of sp³-hybridized carbons (Fsp3) is 0.625. The van der Waals surface area contributed by atoms with Crippen LogP contribution in [-0.2, 0) is 0 Å². The highest BCUT2D eigenvalue weighted by molar-refractivity contribution is 5.32. The van der Waals surface area contributed by atoms with Crippen LogP contribution in [0.1, 0.15) is 50.0 Å². The van der Waals surface area contributed by atoms with Crippen LogP contribution in [0.3, 0.4) is 0 Å². The van der Waals surface area contributed by atoms with Crippen molar-refractivity contribution in [1.29, 1.82) is 5.26 Å². The van der Waals surface area contributed by atoms with Crippen molar-refractivity contribution in [2.45, 2.75) is 44.4 Å². The molecule has 1 saturated heterocycles. The van der Waals surface area contributed by atoms with E-state index in [0.717, 1.165) is 31.9 Å². The Bertz CT molecular complexity index is 470. The van der Waals surface area contributed by atoms with E-state index in [0.29, 0.717) is 5.92 Å². The summed E-state index contributed by atoms with van der Waals surface area (Å²) in [5.41, 5.74) is 1.24. The molecule has 2 unspecified atom stereocenters. The van der Waals surface area contributed by atoms with E-state index in [4.69, 9.17) is 5.26 Å². The Hall–Kier alpha value is -1.63. The van der Waals surface area contributed by atoms with Crippen molar-refractivity contribution in [2.24, 2.45) is 5.92 Å². The number of rotatable bonds is 2. The van der Waals surface area contributed by atoms with Gasteiger partial charge in [0.15, 0.2) is 0 Å². The van der Waals surface area contributed by atoms with Crippen molar-refractivity contribution >= 4 is 5.95 Å². The second kappa shape index (κ2) is 6.21. The number of anilines is 1. The second-order valence-electron chi connectivity index (χ2n) is 5.86. The lowest BCUT2D eigenvalue weighted by atomic mass is 9.85. The maximum atomic E-state index is 9.05. The van der Waals surface area contributed by atoms with Crippen LogP contribution < -0.4 is 4.90 Å². The molecule has 1 aliphatic heterocycles. The average Bonchev–Trinajstić information content (AvgIpc) is 2.56. The molecule has 0 amide bonds. The van der Waals surface area contributed by atoms with Gasteiger partial charge in [0.1, 0.15) is 0 Å². The van der Waals surface area contributed by atoms with Gasteiger partial charge in [0.2, 0.25) is 5.95 Å². The zero-order valence-electron chi connectivity index (χ0n) is 11.8. The minimum Gasteiger partial charge on any atom is -0.340 e. The molecule has 4 heteroatoms.